The van der Waals surface area contributed by atoms with Crippen LogP contribution in [0.2, 0.25) is 0 Å². The first-order chi connectivity index (χ1) is 13.1. The first kappa shape index (κ1) is 19.1. The van der Waals surface area contributed by atoms with Gasteiger partial charge in [0.1, 0.15) is 5.82 Å². The van der Waals surface area contributed by atoms with Gasteiger partial charge in [-0.25, -0.2) is 4.39 Å². The highest BCUT2D eigenvalue weighted by molar-refractivity contribution is 7.99. The lowest BCUT2D eigenvalue weighted by atomic mass is 10.1. The van der Waals surface area contributed by atoms with E-state index in [4.69, 9.17) is 4.52 Å². The lowest BCUT2D eigenvalue weighted by Crippen LogP contribution is -2.15. The number of aryl methyl sites for hydroxylation is 2. The van der Waals surface area contributed by atoms with Crippen molar-refractivity contribution in [2.45, 2.75) is 26.0 Å². The van der Waals surface area contributed by atoms with Crippen molar-refractivity contribution < 1.29 is 13.7 Å². The van der Waals surface area contributed by atoms with Crippen LogP contribution >= 0.6 is 11.8 Å². The van der Waals surface area contributed by atoms with Crippen LogP contribution in [-0.2, 0) is 17.0 Å². The molecule has 3 aromatic rings. The van der Waals surface area contributed by atoms with Crippen molar-refractivity contribution in [2.24, 2.45) is 0 Å². The molecule has 0 saturated carbocycles. The molecular formula is C20H20FN3O2S. The van der Waals surface area contributed by atoms with Gasteiger partial charge in [-0.05, 0) is 36.6 Å². The topological polar surface area (TPSA) is 68.0 Å². The van der Waals surface area contributed by atoms with Crippen molar-refractivity contribution in [3.8, 4) is 11.4 Å². The number of anilines is 1. The minimum atomic E-state index is -0.308. The van der Waals surface area contributed by atoms with Gasteiger partial charge in [0, 0.05) is 11.3 Å². The third-order valence-electron chi connectivity index (χ3n) is 4.03. The Hall–Kier alpha value is -2.67. The fraction of sp³-hybridized carbons (Fsp3) is 0.250. The number of thioether (sulfide) groups is 1. The number of aromatic nitrogens is 2. The van der Waals surface area contributed by atoms with Gasteiger partial charge in [0.25, 0.3) is 0 Å². The number of nitrogens with zero attached hydrogens (tertiary/aromatic N) is 2. The van der Waals surface area contributed by atoms with Crippen molar-refractivity contribution >= 4 is 23.4 Å². The number of benzene rings is 2. The Morgan fingerprint density at radius 3 is 2.85 bits per heavy atom. The molecule has 0 aliphatic heterocycles. The molecule has 0 bridgehead atoms. The van der Waals surface area contributed by atoms with E-state index < -0.39 is 0 Å². The number of halogens is 1. The summed E-state index contributed by atoms with van der Waals surface area (Å²) < 4.78 is 18.9. The Morgan fingerprint density at radius 2 is 2.07 bits per heavy atom. The number of hydrogen-bond donors (Lipinski definition) is 1. The number of carbonyl (C=O) groups is 1. The summed E-state index contributed by atoms with van der Waals surface area (Å²) >= 11 is 1.38. The highest BCUT2D eigenvalue weighted by Gasteiger charge is 2.12. The zero-order valence-electron chi connectivity index (χ0n) is 15.2. The normalized spacial score (nSPS) is 10.8. The number of para-hydroxylation sites is 1. The lowest BCUT2D eigenvalue weighted by molar-refractivity contribution is -0.113. The highest BCUT2D eigenvalue weighted by Crippen LogP contribution is 2.21. The van der Waals surface area contributed by atoms with Crippen molar-refractivity contribution in [2.75, 3.05) is 11.1 Å². The number of hydrogen-bond acceptors (Lipinski definition) is 5. The molecule has 0 atom stereocenters. The lowest BCUT2D eigenvalue weighted by Gasteiger charge is -2.09. The average molecular weight is 385 g/mol. The van der Waals surface area contributed by atoms with Crippen LogP contribution < -0.4 is 5.32 Å². The van der Waals surface area contributed by atoms with Gasteiger partial charge >= 0.3 is 0 Å². The molecule has 7 heteroatoms. The molecular weight excluding hydrogens is 365 g/mol. The Balaban J connectivity index is 1.53. The third-order valence-corrected chi connectivity index (χ3v) is 4.95. The molecule has 1 N–H and O–H groups in total. The summed E-state index contributed by atoms with van der Waals surface area (Å²) in [6.07, 6.45) is 0.855. The number of nitrogens with one attached hydrogen (secondary N) is 1. The molecule has 0 fully saturated rings. The molecule has 5 nitrogen and oxygen atoms in total. The van der Waals surface area contributed by atoms with Crippen LogP contribution in [0, 0.1) is 12.7 Å². The van der Waals surface area contributed by atoms with E-state index in [1.165, 1.54) is 17.8 Å². The van der Waals surface area contributed by atoms with E-state index in [0.29, 0.717) is 28.6 Å². The molecule has 0 radical (unpaired) electrons. The van der Waals surface area contributed by atoms with Crippen molar-refractivity contribution in [1.29, 1.82) is 0 Å². The minimum absolute atomic E-state index is 0.0822. The molecule has 0 aliphatic rings. The van der Waals surface area contributed by atoms with Crippen LogP contribution in [0.1, 0.15) is 23.9 Å². The second-order valence-corrected chi connectivity index (χ2v) is 7.01. The molecule has 0 unspecified atom stereocenters. The van der Waals surface area contributed by atoms with Gasteiger partial charge in [-0.3, -0.25) is 4.79 Å². The van der Waals surface area contributed by atoms with Crippen LogP contribution in [0.25, 0.3) is 11.4 Å². The minimum Gasteiger partial charge on any atom is -0.338 e. The Morgan fingerprint density at radius 1 is 1.26 bits per heavy atom. The summed E-state index contributed by atoms with van der Waals surface area (Å²) in [4.78, 5) is 16.4. The van der Waals surface area contributed by atoms with E-state index >= 15 is 0 Å². The van der Waals surface area contributed by atoms with Crippen LogP contribution in [0.3, 0.4) is 0 Å². The summed E-state index contributed by atoms with van der Waals surface area (Å²) in [6.45, 7) is 3.74. The van der Waals surface area contributed by atoms with Crippen LogP contribution in [-0.4, -0.2) is 21.8 Å². The summed E-state index contributed by atoms with van der Waals surface area (Å²) in [5.41, 5.74) is 3.07. The van der Waals surface area contributed by atoms with E-state index in [2.05, 4.69) is 15.5 Å². The van der Waals surface area contributed by atoms with Gasteiger partial charge in [0.15, 0.2) is 0 Å². The molecule has 3 rings (SSSR count). The summed E-state index contributed by atoms with van der Waals surface area (Å²) in [6, 6.07) is 12.6. The molecule has 1 aromatic heterocycles. The molecule has 1 amide bonds. The third kappa shape index (κ3) is 4.95. The fourth-order valence-corrected chi connectivity index (χ4v) is 3.18. The van der Waals surface area contributed by atoms with Gasteiger partial charge in [0.2, 0.25) is 17.6 Å². The molecule has 140 valence electrons. The Bertz CT molecular complexity index is 942. The maximum Gasteiger partial charge on any atom is 0.236 e. The number of carbonyl (C=O) groups excluding carboxylic acids is 1. The maximum absolute atomic E-state index is 13.7. The van der Waals surface area contributed by atoms with Gasteiger partial charge < -0.3 is 9.84 Å². The van der Waals surface area contributed by atoms with E-state index in [0.717, 1.165) is 17.7 Å². The summed E-state index contributed by atoms with van der Waals surface area (Å²) in [5, 5.41) is 6.80. The molecule has 0 aliphatic carbocycles. The van der Waals surface area contributed by atoms with Gasteiger partial charge in [-0.15, -0.1) is 11.8 Å². The van der Waals surface area contributed by atoms with Crippen molar-refractivity contribution in [3.05, 3.63) is 65.3 Å². The molecule has 1 heterocycles. The standard InChI is InChI=1S/C20H20FN3O2S/c1-3-14-6-4-5-7-17(14)22-18(25)11-27-12-19-23-20(24-26-19)15-9-8-13(2)16(21)10-15/h4-10H,3,11-12H2,1-2H3,(H,22,25). The van der Waals surface area contributed by atoms with Gasteiger partial charge in [-0.1, -0.05) is 42.4 Å². The second kappa shape index (κ2) is 8.81. The van der Waals surface area contributed by atoms with E-state index in [-0.39, 0.29) is 17.5 Å². The zero-order chi connectivity index (χ0) is 19.2. The SMILES string of the molecule is CCc1ccccc1NC(=O)CSCc1nc(-c2ccc(C)c(F)c2)no1. The first-order valence-corrected chi connectivity index (χ1v) is 9.77. The average Bonchev–Trinajstić information content (AvgIpc) is 3.13. The van der Waals surface area contributed by atoms with Crippen LogP contribution in [0.4, 0.5) is 10.1 Å². The quantitative estimate of drug-likeness (QED) is 0.643. The van der Waals surface area contributed by atoms with E-state index in [1.807, 2.05) is 31.2 Å². The molecule has 2 aromatic carbocycles. The molecule has 0 spiro atoms. The smallest absolute Gasteiger partial charge is 0.236 e. The fourth-order valence-electron chi connectivity index (χ4n) is 2.53. The van der Waals surface area contributed by atoms with E-state index in [9.17, 15) is 9.18 Å². The van der Waals surface area contributed by atoms with Crippen molar-refractivity contribution in [1.82, 2.24) is 10.1 Å². The molecule has 0 saturated heterocycles. The van der Waals surface area contributed by atoms with Crippen molar-refractivity contribution in [3.63, 3.8) is 0 Å². The number of rotatable bonds is 7. The Labute approximate surface area is 161 Å². The molecule has 27 heavy (non-hydrogen) atoms. The largest absolute Gasteiger partial charge is 0.338 e. The monoisotopic (exact) mass is 385 g/mol. The zero-order valence-corrected chi connectivity index (χ0v) is 16.0. The summed E-state index contributed by atoms with van der Waals surface area (Å²) in [7, 11) is 0. The Kier molecular flexibility index (Phi) is 6.24. The predicted octanol–water partition coefficient (Wildman–Crippen LogP) is 4.62. The predicted molar refractivity (Wildman–Crippen MR) is 105 cm³/mol. The highest BCUT2D eigenvalue weighted by atomic mass is 32.2. The van der Waals surface area contributed by atoms with Gasteiger partial charge in [-0.2, -0.15) is 4.98 Å². The first-order valence-electron chi connectivity index (χ1n) is 8.61. The van der Waals surface area contributed by atoms with Crippen LogP contribution in [0.15, 0.2) is 47.0 Å². The van der Waals surface area contributed by atoms with E-state index in [1.54, 1.807) is 19.1 Å². The van der Waals surface area contributed by atoms with Gasteiger partial charge in [0.05, 0.1) is 11.5 Å². The number of amides is 1. The second-order valence-electron chi connectivity index (χ2n) is 6.03. The maximum atomic E-state index is 13.7. The summed E-state index contributed by atoms with van der Waals surface area (Å²) in [5.74, 6) is 1.03. The van der Waals surface area contributed by atoms with Crippen LogP contribution in [0.5, 0.6) is 0 Å².